The first-order valence-electron chi connectivity index (χ1n) is 9.70. The molecule has 1 heterocycles. The van der Waals surface area contributed by atoms with E-state index < -0.39 is 11.6 Å². The third kappa shape index (κ3) is 4.81. The molecule has 0 spiro atoms. The molecule has 4 aromatic rings. The highest BCUT2D eigenvalue weighted by molar-refractivity contribution is 5.99. The second kappa shape index (κ2) is 9.94. The Kier molecular flexibility index (Phi) is 7.09. The Balaban J connectivity index is 0.000000199. The van der Waals surface area contributed by atoms with Crippen LogP contribution in [0.4, 0.5) is 8.78 Å². The molecule has 4 rings (SSSR count). The maximum Gasteiger partial charge on any atom is 0.159 e. The maximum atomic E-state index is 12.5. The molecule has 3 nitrogen and oxygen atoms in total. The maximum absolute atomic E-state index is 12.5. The monoisotopic (exact) mass is 406 g/mol. The first-order valence-corrected chi connectivity index (χ1v) is 9.70. The van der Waals surface area contributed by atoms with Gasteiger partial charge >= 0.3 is 0 Å². The number of carbonyl (C=O) groups is 1. The van der Waals surface area contributed by atoms with E-state index in [1.165, 1.54) is 11.6 Å². The van der Waals surface area contributed by atoms with Gasteiger partial charge in [-0.2, -0.15) is 0 Å². The Hall–Kier alpha value is -3.31. The molecule has 1 aromatic heterocycles. The third-order valence-corrected chi connectivity index (χ3v) is 4.95. The summed E-state index contributed by atoms with van der Waals surface area (Å²) in [5.74, 6) is -1.59. The zero-order valence-corrected chi connectivity index (χ0v) is 17.0. The summed E-state index contributed by atoms with van der Waals surface area (Å²) in [6.07, 6.45) is 0.957. The van der Waals surface area contributed by atoms with Crippen LogP contribution in [0.2, 0.25) is 0 Å². The molecule has 0 saturated carbocycles. The highest BCUT2D eigenvalue weighted by atomic mass is 19.2. The molecule has 0 saturated heterocycles. The van der Waals surface area contributed by atoms with Crippen LogP contribution in [0, 0.1) is 18.6 Å². The average Bonchev–Trinajstić information content (AvgIpc) is 3.03. The predicted octanol–water partition coefficient (Wildman–Crippen LogP) is 5.49. The highest BCUT2D eigenvalue weighted by Crippen LogP contribution is 2.25. The zero-order chi connectivity index (χ0) is 21.5. The van der Waals surface area contributed by atoms with Gasteiger partial charge < -0.3 is 9.88 Å². The Bertz CT molecular complexity index is 1140. The molecule has 0 fully saturated rings. The molecule has 5 heteroatoms. The van der Waals surface area contributed by atoms with E-state index >= 15 is 0 Å². The lowest BCUT2D eigenvalue weighted by molar-refractivity contribution is 0.112. The molecule has 0 aliphatic carbocycles. The number of halogens is 2. The zero-order valence-electron chi connectivity index (χ0n) is 17.0. The van der Waals surface area contributed by atoms with Crippen molar-refractivity contribution in [1.82, 2.24) is 9.88 Å². The van der Waals surface area contributed by atoms with E-state index in [2.05, 4.69) is 28.1 Å². The van der Waals surface area contributed by atoms with Crippen molar-refractivity contribution < 1.29 is 13.6 Å². The van der Waals surface area contributed by atoms with Crippen LogP contribution in [-0.4, -0.2) is 17.9 Å². The smallest absolute Gasteiger partial charge is 0.159 e. The molecular weight excluding hydrogens is 382 g/mol. The first-order chi connectivity index (χ1) is 14.5. The second-order valence-electron chi connectivity index (χ2n) is 6.98. The number of aldehydes is 1. The molecule has 0 bridgehead atoms. The molecule has 3 aromatic carbocycles. The SMILES string of the molecule is CNCc1ccc(F)c(F)c1.Cc1c(C=O)c2ccccc2n1Cc1ccccc1. The fraction of sp³-hybridized carbons (Fsp3) is 0.160. The van der Waals surface area contributed by atoms with Gasteiger partial charge in [-0.25, -0.2) is 8.78 Å². The molecular formula is C25H24F2N2O. The normalized spacial score (nSPS) is 10.5. The van der Waals surface area contributed by atoms with Crippen molar-refractivity contribution in [3.8, 4) is 0 Å². The number of aromatic nitrogens is 1. The fourth-order valence-electron chi connectivity index (χ4n) is 3.43. The number of fused-ring (bicyclic) bond motifs is 1. The number of para-hydroxylation sites is 1. The van der Waals surface area contributed by atoms with Crippen molar-refractivity contribution in [3.63, 3.8) is 0 Å². The van der Waals surface area contributed by atoms with E-state index in [0.29, 0.717) is 6.54 Å². The van der Waals surface area contributed by atoms with E-state index in [-0.39, 0.29) is 0 Å². The van der Waals surface area contributed by atoms with Gasteiger partial charge in [0.05, 0.1) is 0 Å². The van der Waals surface area contributed by atoms with Crippen molar-refractivity contribution >= 4 is 17.2 Å². The number of rotatable bonds is 5. The second-order valence-corrected chi connectivity index (χ2v) is 6.98. The van der Waals surface area contributed by atoms with Gasteiger partial charge in [-0.05, 0) is 43.3 Å². The van der Waals surface area contributed by atoms with Gasteiger partial charge in [-0.1, -0.05) is 54.6 Å². The Morgan fingerprint density at radius 2 is 1.60 bits per heavy atom. The minimum atomic E-state index is -0.801. The minimum Gasteiger partial charge on any atom is -0.340 e. The molecule has 0 radical (unpaired) electrons. The molecule has 1 N–H and O–H groups in total. The van der Waals surface area contributed by atoms with E-state index in [9.17, 15) is 13.6 Å². The third-order valence-electron chi connectivity index (χ3n) is 4.95. The van der Waals surface area contributed by atoms with Gasteiger partial charge in [0.15, 0.2) is 17.9 Å². The van der Waals surface area contributed by atoms with E-state index in [1.807, 2.05) is 43.3 Å². The van der Waals surface area contributed by atoms with Gasteiger partial charge in [-0.15, -0.1) is 0 Å². The lowest BCUT2D eigenvalue weighted by Crippen LogP contribution is -2.05. The van der Waals surface area contributed by atoms with Crippen molar-refractivity contribution in [1.29, 1.82) is 0 Å². The quantitative estimate of drug-likeness (QED) is 0.445. The van der Waals surface area contributed by atoms with E-state index in [4.69, 9.17) is 0 Å². The summed E-state index contributed by atoms with van der Waals surface area (Å²) in [7, 11) is 1.75. The molecule has 154 valence electrons. The molecule has 0 aliphatic heterocycles. The van der Waals surface area contributed by atoms with Crippen molar-refractivity contribution in [2.24, 2.45) is 0 Å². The predicted molar refractivity (Wildman–Crippen MR) is 117 cm³/mol. The Labute approximate surface area is 175 Å². The molecule has 0 aliphatic rings. The van der Waals surface area contributed by atoms with Crippen molar-refractivity contribution in [2.45, 2.75) is 20.0 Å². The van der Waals surface area contributed by atoms with Gasteiger partial charge in [-0.3, -0.25) is 4.79 Å². The largest absolute Gasteiger partial charge is 0.340 e. The Morgan fingerprint density at radius 3 is 2.27 bits per heavy atom. The summed E-state index contributed by atoms with van der Waals surface area (Å²) in [6, 6.07) is 22.2. The summed E-state index contributed by atoms with van der Waals surface area (Å²) in [5, 5.41) is 3.87. The van der Waals surface area contributed by atoms with Gasteiger partial charge in [0.2, 0.25) is 0 Å². The Morgan fingerprint density at radius 1 is 0.900 bits per heavy atom. The fourth-order valence-corrected chi connectivity index (χ4v) is 3.43. The summed E-state index contributed by atoms with van der Waals surface area (Å²) in [4.78, 5) is 11.3. The topological polar surface area (TPSA) is 34.0 Å². The number of hydrogen-bond donors (Lipinski definition) is 1. The van der Waals surface area contributed by atoms with Gasteiger partial charge in [0.1, 0.15) is 0 Å². The van der Waals surface area contributed by atoms with E-state index in [0.717, 1.165) is 46.6 Å². The van der Waals surface area contributed by atoms with Crippen LogP contribution < -0.4 is 5.32 Å². The van der Waals surface area contributed by atoms with Crippen LogP contribution in [0.25, 0.3) is 10.9 Å². The molecule has 30 heavy (non-hydrogen) atoms. The lowest BCUT2D eigenvalue weighted by atomic mass is 10.1. The van der Waals surface area contributed by atoms with Crippen LogP contribution >= 0.6 is 0 Å². The standard InChI is InChI=1S/C17H15NO.C8H9F2N/c1-13-16(12-19)15-9-5-6-10-17(15)18(13)11-14-7-3-2-4-8-14;1-11-5-6-2-3-7(9)8(10)4-6/h2-10,12H,11H2,1H3;2-4,11H,5H2,1H3. The summed E-state index contributed by atoms with van der Waals surface area (Å²) in [5.41, 5.74) is 4.92. The van der Waals surface area contributed by atoms with Crippen LogP contribution in [0.5, 0.6) is 0 Å². The summed E-state index contributed by atoms with van der Waals surface area (Å²) < 4.78 is 27.0. The number of nitrogens with one attached hydrogen (secondary N) is 1. The number of nitrogens with zero attached hydrogens (tertiary/aromatic N) is 1. The average molecular weight is 406 g/mol. The van der Waals surface area contributed by atoms with Gasteiger partial charge in [0.25, 0.3) is 0 Å². The number of carbonyl (C=O) groups excluding carboxylic acids is 1. The molecule has 0 unspecified atom stereocenters. The minimum absolute atomic E-state index is 0.553. The van der Waals surface area contributed by atoms with Crippen LogP contribution in [-0.2, 0) is 13.1 Å². The first kappa shape index (κ1) is 21.4. The summed E-state index contributed by atoms with van der Waals surface area (Å²) >= 11 is 0. The van der Waals surface area contributed by atoms with Crippen molar-refractivity contribution in [2.75, 3.05) is 7.05 Å². The van der Waals surface area contributed by atoms with Crippen LogP contribution in [0.1, 0.15) is 27.2 Å². The molecule has 0 amide bonds. The number of benzene rings is 3. The van der Waals surface area contributed by atoms with Crippen molar-refractivity contribution in [3.05, 3.63) is 107 Å². The van der Waals surface area contributed by atoms with E-state index in [1.54, 1.807) is 13.1 Å². The van der Waals surface area contributed by atoms with Crippen LogP contribution in [0.3, 0.4) is 0 Å². The van der Waals surface area contributed by atoms with Crippen LogP contribution in [0.15, 0.2) is 72.8 Å². The summed E-state index contributed by atoms with van der Waals surface area (Å²) in [6.45, 7) is 3.35. The lowest BCUT2D eigenvalue weighted by Gasteiger charge is -2.08. The molecule has 0 atom stereocenters. The number of hydrogen-bond acceptors (Lipinski definition) is 2. The van der Waals surface area contributed by atoms with Gasteiger partial charge in [0, 0.05) is 35.2 Å². The highest BCUT2D eigenvalue weighted by Gasteiger charge is 2.12.